The lowest BCUT2D eigenvalue weighted by Crippen LogP contribution is -2.36. The van der Waals surface area contributed by atoms with Gasteiger partial charge in [-0.1, -0.05) is 38.1 Å². The average Bonchev–Trinajstić information content (AvgIpc) is 2.82. The second-order valence-corrected chi connectivity index (χ2v) is 8.33. The number of nitrogens with one attached hydrogen (secondary N) is 1. The van der Waals surface area contributed by atoms with Gasteiger partial charge < -0.3 is 10.1 Å². The quantitative estimate of drug-likeness (QED) is 0.774. The molecule has 0 aromatic heterocycles. The summed E-state index contributed by atoms with van der Waals surface area (Å²) in [5.41, 5.74) is 0.444. The van der Waals surface area contributed by atoms with Crippen LogP contribution in [0.2, 0.25) is 0 Å². The number of amides is 1. The maximum absolute atomic E-state index is 12.8. The lowest BCUT2D eigenvalue weighted by Gasteiger charge is -2.17. The summed E-state index contributed by atoms with van der Waals surface area (Å²) in [5.74, 6) is -0.914. The molecule has 1 amide bonds. The Balaban J connectivity index is 1.72. The van der Waals surface area contributed by atoms with E-state index in [4.69, 9.17) is 4.74 Å². The van der Waals surface area contributed by atoms with E-state index in [2.05, 4.69) is 5.32 Å². The first-order valence-corrected chi connectivity index (χ1v) is 9.71. The standard InChI is InChI=1S/C18H20N2O5S/c1-12(2)9-19-16(21)11-25-17(22)10-20-14-7-3-5-13-6-4-8-15(18(13)14)26(20,23)24/h3-8,12H,9-11H2,1-2H3,(H,19,21). The highest BCUT2D eigenvalue weighted by molar-refractivity contribution is 7.93. The molecule has 0 spiro atoms. The van der Waals surface area contributed by atoms with Gasteiger partial charge in [-0.25, -0.2) is 8.42 Å². The van der Waals surface area contributed by atoms with Gasteiger partial charge in [0.1, 0.15) is 6.54 Å². The molecule has 1 aliphatic heterocycles. The van der Waals surface area contributed by atoms with E-state index in [1.807, 2.05) is 26.0 Å². The number of anilines is 1. The maximum atomic E-state index is 12.8. The predicted molar refractivity (Wildman–Crippen MR) is 97.3 cm³/mol. The van der Waals surface area contributed by atoms with Gasteiger partial charge in [-0.3, -0.25) is 13.9 Å². The van der Waals surface area contributed by atoms with E-state index in [9.17, 15) is 18.0 Å². The molecule has 1 heterocycles. The minimum absolute atomic E-state index is 0.174. The van der Waals surface area contributed by atoms with Gasteiger partial charge in [0, 0.05) is 11.9 Å². The molecule has 8 heteroatoms. The van der Waals surface area contributed by atoms with Crippen LogP contribution in [0.25, 0.3) is 10.8 Å². The third-order valence-corrected chi connectivity index (χ3v) is 5.83. The summed E-state index contributed by atoms with van der Waals surface area (Å²) in [5, 5.41) is 4.01. The smallest absolute Gasteiger partial charge is 0.327 e. The maximum Gasteiger partial charge on any atom is 0.327 e. The second kappa shape index (κ2) is 6.95. The minimum atomic E-state index is -3.82. The third kappa shape index (κ3) is 3.37. The van der Waals surface area contributed by atoms with Crippen molar-refractivity contribution in [2.24, 2.45) is 5.92 Å². The Morgan fingerprint density at radius 1 is 1.15 bits per heavy atom. The van der Waals surface area contributed by atoms with Gasteiger partial charge in [0.2, 0.25) is 0 Å². The van der Waals surface area contributed by atoms with E-state index in [-0.39, 0.29) is 10.8 Å². The van der Waals surface area contributed by atoms with Crippen LogP contribution in [0.15, 0.2) is 41.3 Å². The number of carbonyl (C=O) groups excluding carboxylic acids is 2. The van der Waals surface area contributed by atoms with Crippen molar-refractivity contribution < 1.29 is 22.7 Å². The number of carbonyl (C=O) groups is 2. The van der Waals surface area contributed by atoms with Crippen LogP contribution in [0.1, 0.15) is 13.8 Å². The molecule has 0 saturated heterocycles. The van der Waals surface area contributed by atoms with Gasteiger partial charge >= 0.3 is 5.97 Å². The number of sulfonamides is 1. The fraction of sp³-hybridized carbons (Fsp3) is 0.333. The zero-order chi connectivity index (χ0) is 18.9. The largest absolute Gasteiger partial charge is 0.454 e. The van der Waals surface area contributed by atoms with Crippen molar-refractivity contribution in [1.82, 2.24) is 5.32 Å². The first-order chi connectivity index (χ1) is 12.3. The van der Waals surface area contributed by atoms with E-state index < -0.39 is 35.1 Å². The van der Waals surface area contributed by atoms with Gasteiger partial charge in [0.15, 0.2) is 6.61 Å². The van der Waals surface area contributed by atoms with Crippen molar-refractivity contribution in [1.29, 1.82) is 0 Å². The molecule has 0 radical (unpaired) electrons. The molecular weight excluding hydrogens is 356 g/mol. The van der Waals surface area contributed by atoms with Crippen LogP contribution in [-0.2, 0) is 24.3 Å². The van der Waals surface area contributed by atoms with E-state index >= 15 is 0 Å². The Labute approximate surface area is 152 Å². The first kappa shape index (κ1) is 18.2. The van der Waals surface area contributed by atoms with Gasteiger partial charge in [0.25, 0.3) is 15.9 Å². The number of nitrogens with zero attached hydrogens (tertiary/aromatic N) is 1. The highest BCUT2D eigenvalue weighted by Gasteiger charge is 2.37. The highest BCUT2D eigenvalue weighted by Crippen LogP contribution is 2.41. The second-order valence-electron chi connectivity index (χ2n) is 6.50. The topological polar surface area (TPSA) is 92.8 Å². The summed E-state index contributed by atoms with van der Waals surface area (Å²) < 4.78 is 31.5. The summed E-state index contributed by atoms with van der Waals surface area (Å²) in [6.07, 6.45) is 0. The van der Waals surface area contributed by atoms with Gasteiger partial charge in [0.05, 0.1) is 10.6 Å². The van der Waals surface area contributed by atoms with Crippen molar-refractivity contribution >= 4 is 38.4 Å². The number of esters is 1. The molecule has 26 heavy (non-hydrogen) atoms. The molecule has 0 unspecified atom stereocenters. The highest BCUT2D eigenvalue weighted by atomic mass is 32.2. The molecule has 0 aliphatic carbocycles. The van der Waals surface area contributed by atoms with Crippen molar-refractivity contribution in [2.75, 3.05) is 24.0 Å². The zero-order valence-corrected chi connectivity index (χ0v) is 15.4. The van der Waals surface area contributed by atoms with Gasteiger partial charge in [-0.05, 0) is 23.4 Å². The summed E-state index contributed by atoms with van der Waals surface area (Å²) in [7, 11) is -3.82. The Bertz CT molecular complexity index is 963. The van der Waals surface area contributed by atoms with Crippen LogP contribution >= 0.6 is 0 Å². The Morgan fingerprint density at radius 3 is 2.54 bits per heavy atom. The average molecular weight is 376 g/mol. The van der Waals surface area contributed by atoms with E-state index in [1.165, 1.54) is 6.07 Å². The summed E-state index contributed by atoms with van der Waals surface area (Å²) in [6.45, 7) is 3.46. The number of hydrogen-bond donors (Lipinski definition) is 1. The Morgan fingerprint density at radius 2 is 1.85 bits per heavy atom. The van der Waals surface area contributed by atoms with Crippen LogP contribution in [0.5, 0.6) is 0 Å². The number of ether oxygens (including phenoxy) is 1. The molecule has 0 saturated carbocycles. The fourth-order valence-corrected chi connectivity index (χ4v) is 4.46. The van der Waals surface area contributed by atoms with Gasteiger partial charge in [-0.2, -0.15) is 0 Å². The molecule has 0 atom stereocenters. The normalized spacial score (nSPS) is 14.7. The lowest BCUT2D eigenvalue weighted by atomic mass is 10.1. The van der Waals surface area contributed by atoms with Crippen LogP contribution in [-0.4, -0.2) is 40.0 Å². The fourth-order valence-electron chi connectivity index (χ4n) is 2.81. The molecule has 0 fully saturated rings. The molecule has 1 N–H and O–H groups in total. The third-order valence-electron chi connectivity index (χ3n) is 4.03. The molecule has 7 nitrogen and oxygen atoms in total. The summed E-state index contributed by atoms with van der Waals surface area (Å²) >= 11 is 0. The van der Waals surface area contributed by atoms with Crippen molar-refractivity contribution in [3.8, 4) is 0 Å². The predicted octanol–water partition coefficient (Wildman–Crippen LogP) is 1.66. The number of rotatable bonds is 6. The summed E-state index contributed by atoms with van der Waals surface area (Å²) in [4.78, 5) is 23.9. The molecule has 3 rings (SSSR count). The van der Waals surface area contributed by atoms with Crippen molar-refractivity contribution in [3.05, 3.63) is 36.4 Å². The van der Waals surface area contributed by atoms with E-state index in [1.54, 1.807) is 18.2 Å². The molecule has 2 aromatic carbocycles. The van der Waals surface area contributed by atoms with E-state index in [0.717, 1.165) is 9.69 Å². The number of hydrogen-bond acceptors (Lipinski definition) is 5. The number of benzene rings is 2. The molecule has 1 aliphatic rings. The van der Waals surface area contributed by atoms with Crippen molar-refractivity contribution in [3.63, 3.8) is 0 Å². The lowest BCUT2D eigenvalue weighted by molar-refractivity contribution is -0.147. The van der Waals surface area contributed by atoms with Crippen LogP contribution in [0.3, 0.4) is 0 Å². The Kier molecular flexibility index (Phi) is 4.86. The van der Waals surface area contributed by atoms with Crippen molar-refractivity contribution in [2.45, 2.75) is 18.7 Å². The monoisotopic (exact) mass is 376 g/mol. The van der Waals surface area contributed by atoms with Crippen LogP contribution in [0, 0.1) is 5.92 Å². The molecule has 2 aromatic rings. The Hall–Kier alpha value is -2.61. The van der Waals surface area contributed by atoms with E-state index in [0.29, 0.717) is 17.6 Å². The minimum Gasteiger partial charge on any atom is -0.454 e. The van der Waals surface area contributed by atoms with Gasteiger partial charge in [-0.15, -0.1) is 0 Å². The summed E-state index contributed by atoms with van der Waals surface area (Å²) in [6, 6.07) is 10.2. The zero-order valence-electron chi connectivity index (χ0n) is 14.6. The van der Waals surface area contributed by atoms with Crippen LogP contribution < -0.4 is 9.62 Å². The SMILES string of the molecule is CC(C)CNC(=O)COC(=O)CN1c2cccc3cccc(c23)S1(=O)=O. The van der Waals surface area contributed by atoms with Crippen LogP contribution in [0.4, 0.5) is 5.69 Å². The first-order valence-electron chi connectivity index (χ1n) is 8.27. The molecule has 0 bridgehead atoms. The molecular formula is C18H20N2O5S. The molecule has 138 valence electrons.